The molecular formula is C65H53N5. The van der Waals surface area contributed by atoms with Gasteiger partial charge in [0.05, 0.1) is 22.1 Å². The number of fused-ring (bicyclic) bond motifs is 7. The van der Waals surface area contributed by atoms with E-state index in [4.69, 9.17) is 15.0 Å². The zero-order chi connectivity index (χ0) is 47.1. The number of aromatic nitrogens is 5. The number of benzene rings is 8. The van der Waals surface area contributed by atoms with Gasteiger partial charge < -0.3 is 4.57 Å². The van der Waals surface area contributed by atoms with Crippen LogP contribution in [0.25, 0.3) is 94.5 Å². The molecule has 5 heteroatoms. The lowest BCUT2D eigenvalue weighted by atomic mass is 9.61. The molecule has 3 aromatic heterocycles. The van der Waals surface area contributed by atoms with E-state index in [9.17, 15) is 0 Å². The topological polar surface area (TPSA) is 48.5 Å². The van der Waals surface area contributed by atoms with Gasteiger partial charge in [-0.1, -0.05) is 192 Å². The van der Waals surface area contributed by atoms with Gasteiger partial charge in [-0.25, -0.2) is 4.98 Å². The Hall–Kier alpha value is -8.15. The molecule has 1 unspecified atom stereocenters. The Morgan fingerprint density at radius 3 is 1.80 bits per heavy atom. The van der Waals surface area contributed by atoms with E-state index >= 15 is 0 Å². The maximum absolute atomic E-state index is 5.35. The first-order valence-electron chi connectivity index (χ1n) is 24.8. The van der Waals surface area contributed by atoms with Crippen molar-refractivity contribution >= 4 is 49.2 Å². The molecule has 5 nitrogen and oxygen atoms in total. The molecule has 2 aliphatic carbocycles. The van der Waals surface area contributed by atoms with E-state index in [2.05, 4.69) is 225 Å². The number of hydrogen-bond donors (Lipinski definition) is 0. The minimum Gasteiger partial charge on any atom is -0.309 e. The van der Waals surface area contributed by atoms with Gasteiger partial charge >= 0.3 is 0 Å². The van der Waals surface area contributed by atoms with Gasteiger partial charge in [0.25, 0.3) is 0 Å². The first-order valence-corrected chi connectivity index (χ1v) is 24.8. The highest BCUT2D eigenvalue weighted by atomic mass is 15.2. The van der Waals surface area contributed by atoms with Crippen LogP contribution in [-0.2, 0) is 10.8 Å². The Kier molecular flexibility index (Phi) is 9.74. The summed E-state index contributed by atoms with van der Waals surface area (Å²) in [6.45, 7) is 9.67. The summed E-state index contributed by atoms with van der Waals surface area (Å²) < 4.78 is 4.68. The first-order chi connectivity index (χ1) is 34.2. The SMILES string of the molecule is CC1(C)CCC(C)(C)c2c(-c3cccc(-c4cccc(-n5c6ccccc6c6cc7c8ccccc8n(-c8nc(C9=CCC(c%10ccccc%10)C=C9)nc(-c9ccccc9)n8)c7cc65)c4)c3)cccc21. The van der Waals surface area contributed by atoms with Crippen LogP contribution in [0.2, 0.25) is 0 Å². The van der Waals surface area contributed by atoms with E-state index < -0.39 is 0 Å². The Morgan fingerprint density at radius 2 is 1.06 bits per heavy atom. The van der Waals surface area contributed by atoms with Crippen LogP contribution in [-0.4, -0.2) is 24.1 Å². The number of allylic oxidation sites excluding steroid dienone is 4. The van der Waals surface area contributed by atoms with Crippen molar-refractivity contribution < 1.29 is 0 Å². The van der Waals surface area contributed by atoms with Crippen LogP contribution in [0.4, 0.5) is 0 Å². The summed E-state index contributed by atoms with van der Waals surface area (Å²) in [5.41, 5.74) is 16.9. The lowest BCUT2D eigenvalue weighted by Gasteiger charge is -2.43. The van der Waals surface area contributed by atoms with Crippen molar-refractivity contribution in [3.63, 3.8) is 0 Å². The molecule has 0 amide bonds. The molecule has 0 fully saturated rings. The lowest BCUT2D eigenvalue weighted by molar-refractivity contribution is 0.333. The fourth-order valence-corrected chi connectivity index (χ4v) is 11.6. The van der Waals surface area contributed by atoms with Crippen molar-refractivity contribution in [3.05, 3.63) is 229 Å². The van der Waals surface area contributed by atoms with Crippen LogP contribution in [0.5, 0.6) is 0 Å². The normalized spacial score (nSPS) is 16.2. The third-order valence-corrected chi connectivity index (χ3v) is 15.4. The average molecular weight is 904 g/mol. The average Bonchev–Trinajstić information content (AvgIpc) is 3.91. The van der Waals surface area contributed by atoms with Crippen LogP contribution < -0.4 is 0 Å². The standard InChI is InChI=1S/C65H53N5/c1-64(2)36-37-65(3,4)60-50(28-17-29-55(60)64)48-24-15-22-46(38-48)47-23-16-25-49(39-47)69-56-30-13-11-26-51(56)53-40-54-52-27-12-14-31-57(52)70(59(54)41-58(53)69)63-67-61(44-20-9-6-10-21-44)66-62(68-63)45-34-32-43(33-35-45)42-18-7-5-8-19-42/h5-32,34-35,38-41,43H,33,36-37H2,1-4H3. The summed E-state index contributed by atoms with van der Waals surface area (Å²) in [5, 5.41) is 4.71. The third kappa shape index (κ3) is 6.94. The van der Waals surface area contributed by atoms with E-state index in [1.165, 1.54) is 62.6 Å². The number of nitrogens with zero attached hydrogens (tertiary/aromatic N) is 5. The van der Waals surface area contributed by atoms with Crippen LogP contribution in [0.3, 0.4) is 0 Å². The van der Waals surface area contributed by atoms with Gasteiger partial charge in [0.15, 0.2) is 11.6 Å². The lowest BCUT2D eigenvalue weighted by Crippen LogP contribution is -2.34. The second-order valence-corrected chi connectivity index (χ2v) is 20.6. The second-order valence-electron chi connectivity index (χ2n) is 20.6. The highest BCUT2D eigenvalue weighted by Crippen LogP contribution is 2.50. The monoisotopic (exact) mass is 903 g/mol. The molecule has 3 heterocycles. The molecule has 1 atom stereocenters. The van der Waals surface area contributed by atoms with Gasteiger partial charge in [-0.2, -0.15) is 9.97 Å². The van der Waals surface area contributed by atoms with Gasteiger partial charge in [0.2, 0.25) is 5.95 Å². The zero-order valence-electron chi connectivity index (χ0n) is 40.1. The van der Waals surface area contributed by atoms with Gasteiger partial charge in [0.1, 0.15) is 0 Å². The molecule has 2 aliphatic rings. The predicted molar refractivity (Wildman–Crippen MR) is 291 cm³/mol. The number of para-hydroxylation sites is 2. The first kappa shape index (κ1) is 42.0. The Bertz CT molecular complexity index is 3920. The van der Waals surface area contributed by atoms with Crippen molar-refractivity contribution in [1.29, 1.82) is 0 Å². The molecule has 0 N–H and O–H groups in total. The maximum Gasteiger partial charge on any atom is 0.238 e. The van der Waals surface area contributed by atoms with Crippen molar-refractivity contribution in [2.75, 3.05) is 0 Å². The summed E-state index contributed by atoms with van der Waals surface area (Å²) in [5.74, 6) is 2.19. The van der Waals surface area contributed by atoms with Crippen LogP contribution in [0, 0.1) is 0 Å². The summed E-state index contributed by atoms with van der Waals surface area (Å²) >= 11 is 0. The largest absolute Gasteiger partial charge is 0.309 e. The highest BCUT2D eigenvalue weighted by molar-refractivity contribution is 6.19. The molecule has 0 spiro atoms. The molecular weight excluding hydrogens is 851 g/mol. The summed E-state index contributed by atoms with van der Waals surface area (Å²) in [4.78, 5) is 15.8. The molecule has 338 valence electrons. The van der Waals surface area contributed by atoms with Crippen molar-refractivity contribution in [2.45, 2.75) is 63.7 Å². The van der Waals surface area contributed by atoms with Gasteiger partial charge in [0, 0.05) is 44.3 Å². The van der Waals surface area contributed by atoms with Gasteiger partial charge in [-0.05, 0) is 112 Å². The van der Waals surface area contributed by atoms with Crippen molar-refractivity contribution in [2.24, 2.45) is 0 Å². The van der Waals surface area contributed by atoms with E-state index in [1.54, 1.807) is 0 Å². The zero-order valence-corrected chi connectivity index (χ0v) is 40.1. The molecule has 13 rings (SSSR count). The van der Waals surface area contributed by atoms with E-state index in [0.29, 0.717) is 23.5 Å². The minimum absolute atomic E-state index is 0.0954. The molecule has 0 radical (unpaired) electrons. The number of rotatable bonds is 7. The van der Waals surface area contributed by atoms with Crippen LogP contribution in [0.1, 0.15) is 75.4 Å². The van der Waals surface area contributed by atoms with E-state index in [-0.39, 0.29) is 10.8 Å². The molecule has 8 aromatic carbocycles. The smallest absolute Gasteiger partial charge is 0.238 e. The molecule has 11 aromatic rings. The Balaban J connectivity index is 0.977. The van der Waals surface area contributed by atoms with E-state index in [1.807, 2.05) is 18.2 Å². The van der Waals surface area contributed by atoms with Crippen LogP contribution >= 0.6 is 0 Å². The second kappa shape index (κ2) is 16.2. The molecule has 0 saturated carbocycles. The fraction of sp³-hybridized carbons (Fsp3) is 0.154. The van der Waals surface area contributed by atoms with E-state index in [0.717, 1.165) is 56.1 Å². The van der Waals surface area contributed by atoms with Gasteiger partial charge in [-0.15, -0.1) is 0 Å². The van der Waals surface area contributed by atoms with Crippen molar-refractivity contribution in [1.82, 2.24) is 24.1 Å². The Labute approximate surface area is 409 Å². The molecule has 0 bridgehead atoms. The minimum atomic E-state index is 0.0954. The highest BCUT2D eigenvalue weighted by Gasteiger charge is 2.38. The maximum atomic E-state index is 5.35. The predicted octanol–water partition coefficient (Wildman–Crippen LogP) is 16.5. The third-order valence-electron chi connectivity index (χ3n) is 15.4. The van der Waals surface area contributed by atoms with Crippen LogP contribution in [0.15, 0.2) is 206 Å². The van der Waals surface area contributed by atoms with Crippen molar-refractivity contribution in [3.8, 4) is 45.3 Å². The summed E-state index contributed by atoms with van der Waals surface area (Å²) in [6.07, 6.45) is 9.99. The summed E-state index contributed by atoms with van der Waals surface area (Å²) in [6, 6.07) is 68.4. The molecule has 0 aliphatic heterocycles. The molecule has 0 saturated heterocycles. The quantitative estimate of drug-likeness (QED) is 0.160. The van der Waals surface area contributed by atoms with Gasteiger partial charge in [-0.3, -0.25) is 4.57 Å². The Morgan fingerprint density at radius 1 is 0.457 bits per heavy atom. The fourth-order valence-electron chi connectivity index (χ4n) is 11.6. The summed E-state index contributed by atoms with van der Waals surface area (Å²) in [7, 11) is 0. The molecule has 70 heavy (non-hydrogen) atoms. The number of hydrogen-bond acceptors (Lipinski definition) is 3.